The fraction of sp³-hybridized carbons (Fsp3) is 0.600. The summed E-state index contributed by atoms with van der Waals surface area (Å²) in [7, 11) is 0. The molecule has 4 heteroatoms. The predicted molar refractivity (Wildman–Crippen MR) is 51.1 cm³/mol. The van der Waals surface area contributed by atoms with E-state index in [-0.39, 0.29) is 6.42 Å². The molecule has 2 rings (SSSR count). The van der Waals surface area contributed by atoms with Crippen molar-refractivity contribution in [1.82, 2.24) is 9.78 Å². The lowest BCUT2D eigenvalue weighted by Crippen LogP contribution is -2.08. The summed E-state index contributed by atoms with van der Waals surface area (Å²) < 4.78 is 1.72. The van der Waals surface area contributed by atoms with Crippen LogP contribution in [-0.2, 0) is 11.3 Å². The van der Waals surface area contributed by atoms with Crippen molar-refractivity contribution in [3.63, 3.8) is 0 Å². The third-order valence-electron chi connectivity index (χ3n) is 2.78. The molecule has 1 aliphatic rings. The van der Waals surface area contributed by atoms with Crippen molar-refractivity contribution in [1.29, 1.82) is 0 Å². The summed E-state index contributed by atoms with van der Waals surface area (Å²) in [6.07, 6.45) is 7.81. The molecule has 0 radical (unpaired) electrons. The van der Waals surface area contributed by atoms with Crippen LogP contribution in [0.3, 0.4) is 0 Å². The molecule has 0 atom stereocenters. The van der Waals surface area contributed by atoms with Gasteiger partial charge in [-0.25, -0.2) is 0 Å². The monoisotopic (exact) mass is 194 g/mol. The van der Waals surface area contributed by atoms with Gasteiger partial charge in [-0.05, 0) is 24.3 Å². The molecule has 14 heavy (non-hydrogen) atoms. The third kappa shape index (κ3) is 1.95. The second-order valence-corrected chi connectivity index (χ2v) is 3.81. The van der Waals surface area contributed by atoms with Gasteiger partial charge in [-0.2, -0.15) is 5.10 Å². The van der Waals surface area contributed by atoms with Crippen LogP contribution in [0.25, 0.3) is 0 Å². The lowest BCUT2D eigenvalue weighted by Gasteiger charge is -2.23. The standard InChI is InChI=1S/C10H14N2O2/c13-10(14)4-5-12-7-9(6-11-12)8-2-1-3-8/h6-8H,1-5H2,(H,13,14). The number of aryl methyl sites for hydroxylation is 1. The first-order valence-electron chi connectivity index (χ1n) is 5.00. The van der Waals surface area contributed by atoms with Crippen LogP contribution in [0.4, 0.5) is 0 Å². The summed E-state index contributed by atoms with van der Waals surface area (Å²) in [5, 5.41) is 12.7. The largest absolute Gasteiger partial charge is 0.481 e. The molecular weight excluding hydrogens is 180 g/mol. The molecule has 0 spiro atoms. The normalized spacial score (nSPS) is 16.6. The van der Waals surface area contributed by atoms with Crippen molar-refractivity contribution >= 4 is 5.97 Å². The van der Waals surface area contributed by atoms with Gasteiger partial charge in [0, 0.05) is 6.20 Å². The molecule has 1 heterocycles. The summed E-state index contributed by atoms with van der Waals surface area (Å²) in [5.74, 6) is -0.0979. The van der Waals surface area contributed by atoms with Crippen LogP contribution < -0.4 is 0 Å². The van der Waals surface area contributed by atoms with E-state index >= 15 is 0 Å². The zero-order valence-electron chi connectivity index (χ0n) is 8.02. The Hall–Kier alpha value is -1.32. The van der Waals surface area contributed by atoms with E-state index in [1.54, 1.807) is 4.68 Å². The molecule has 0 unspecified atom stereocenters. The van der Waals surface area contributed by atoms with Crippen LogP contribution in [-0.4, -0.2) is 20.9 Å². The molecule has 1 fully saturated rings. The minimum atomic E-state index is -0.773. The Morgan fingerprint density at radius 3 is 3.00 bits per heavy atom. The molecule has 1 aliphatic carbocycles. The molecule has 4 nitrogen and oxygen atoms in total. The van der Waals surface area contributed by atoms with E-state index in [9.17, 15) is 4.79 Å². The van der Waals surface area contributed by atoms with Gasteiger partial charge in [-0.3, -0.25) is 9.48 Å². The maximum atomic E-state index is 10.3. The summed E-state index contributed by atoms with van der Waals surface area (Å²) in [5.41, 5.74) is 1.27. The molecule has 0 aliphatic heterocycles. The number of aromatic nitrogens is 2. The fourth-order valence-electron chi connectivity index (χ4n) is 1.66. The molecule has 0 bridgehead atoms. The first-order chi connectivity index (χ1) is 6.75. The smallest absolute Gasteiger partial charge is 0.305 e. The molecule has 1 aromatic heterocycles. The van der Waals surface area contributed by atoms with Crippen molar-refractivity contribution in [3.8, 4) is 0 Å². The molecule has 0 aromatic carbocycles. The Balaban J connectivity index is 1.92. The maximum absolute atomic E-state index is 10.3. The Kier molecular flexibility index (Phi) is 2.52. The van der Waals surface area contributed by atoms with Gasteiger partial charge in [0.25, 0.3) is 0 Å². The van der Waals surface area contributed by atoms with Gasteiger partial charge in [-0.15, -0.1) is 0 Å². The Morgan fingerprint density at radius 1 is 1.64 bits per heavy atom. The van der Waals surface area contributed by atoms with Crippen molar-refractivity contribution in [2.24, 2.45) is 0 Å². The zero-order valence-corrected chi connectivity index (χ0v) is 8.02. The molecule has 0 saturated heterocycles. The number of hydrogen-bond donors (Lipinski definition) is 1. The van der Waals surface area contributed by atoms with Crippen LogP contribution in [0.5, 0.6) is 0 Å². The summed E-state index contributed by atoms with van der Waals surface area (Å²) >= 11 is 0. The summed E-state index contributed by atoms with van der Waals surface area (Å²) in [6, 6.07) is 0. The van der Waals surface area contributed by atoms with Crippen LogP contribution >= 0.6 is 0 Å². The third-order valence-corrected chi connectivity index (χ3v) is 2.78. The first kappa shape index (κ1) is 9.24. The van der Waals surface area contributed by atoms with E-state index in [1.807, 2.05) is 12.4 Å². The minimum Gasteiger partial charge on any atom is -0.481 e. The predicted octanol–water partition coefficient (Wildman–Crippen LogP) is 1.63. The zero-order chi connectivity index (χ0) is 9.97. The van der Waals surface area contributed by atoms with Gasteiger partial charge in [0.05, 0.1) is 19.2 Å². The quantitative estimate of drug-likeness (QED) is 0.792. The second-order valence-electron chi connectivity index (χ2n) is 3.81. The Morgan fingerprint density at radius 2 is 2.43 bits per heavy atom. The summed E-state index contributed by atoms with van der Waals surface area (Å²) in [6.45, 7) is 0.474. The number of carbonyl (C=O) groups is 1. The average molecular weight is 194 g/mol. The lowest BCUT2D eigenvalue weighted by molar-refractivity contribution is -0.137. The van der Waals surface area contributed by atoms with Crippen molar-refractivity contribution in [2.75, 3.05) is 0 Å². The fourth-order valence-corrected chi connectivity index (χ4v) is 1.66. The van der Waals surface area contributed by atoms with E-state index < -0.39 is 5.97 Å². The molecule has 1 saturated carbocycles. The van der Waals surface area contributed by atoms with Gasteiger partial charge in [0.1, 0.15) is 0 Å². The first-order valence-corrected chi connectivity index (χ1v) is 5.00. The number of carboxylic acid groups (broad SMARTS) is 1. The van der Waals surface area contributed by atoms with Gasteiger partial charge in [-0.1, -0.05) is 6.42 Å². The number of carboxylic acids is 1. The molecule has 0 amide bonds. The van der Waals surface area contributed by atoms with Crippen molar-refractivity contribution in [3.05, 3.63) is 18.0 Å². The Bertz CT molecular complexity index is 329. The topological polar surface area (TPSA) is 55.1 Å². The molecular formula is C10H14N2O2. The molecule has 1 aromatic rings. The van der Waals surface area contributed by atoms with Crippen molar-refractivity contribution < 1.29 is 9.90 Å². The van der Waals surface area contributed by atoms with Crippen LogP contribution in [0, 0.1) is 0 Å². The highest BCUT2D eigenvalue weighted by atomic mass is 16.4. The van der Waals surface area contributed by atoms with Crippen LogP contribution in [0.2, 0.25) is 0 Å². The number of hydrogen-bond acceptors (Lipinski definition) is 2. The summed E-state index contributed by atoms with van der Waals surface area (Å²) in [4.78, 5) is 10.3. The molecule has 76 valence electrons. The lowest BCUT2D eigenvalue weighted by atomic mass is 9.81. The van der Waals surface area contributed by atoms with Gasteiger partial charge in [0.15, 0.2) is 0 Å². The highest BCUT2D eigenvalue weighted by Crippen LogP contribution is 2.35. The van der Waals surface area contributed by atoms with E-state index in [2.05, 4.69) is 5.10 Å². The van der Waals surface area contributed by atoms with Gasteiger partial charge >= 0.3 is 5.97 Å². The van der Waals surface area contributed by atoms with Crippen molar-refractivity contribution in [2.45, 2.75) is 38.1 Å². The number of aliphatic carboxylic acids is 1. The number of rotatable bonds is 4. The highest BCUT2D eigenvalue weighted by molar-refractivity contribution is 5.66. The SMILES string of the molecule is O=C(O)CCn1cc(C2CCC2)cn1. The maximum Gasteiger partial charge on any atom is 0.305 e. The van der Waals surface area contributed by atoms with E-state index in [0.717, 1.165) is 0 Å². The van der Waals surface area contributed by atoms with Gasteiger partial charge < -0.3 is 5.11 Å². The van der Waals surface area contributed by atoms with Crippen LogP contribution in [0.1, 0.15) is 37.2 Å². The Labute approximate surface area is 82.5 Å². The van der Waals surface area contributed by atoms with E-state index in [0.29, 0.717) is 12.5 Å². The van der Waals surface area contributed by atoms with Crippen LogP contribution in [0.15, 0.2) is 12.4 Å². The number of nitrogens with zero attached hydrogens (tertiary/aromatic N) is 2. The van der Waals surface area contributed by atoms with E-state index in [1.165, 1.54) is 24.8 Å². The van der Waals surface area contributed by atoms with Gasteiger partial charge in [0.2, 0.25) is 0 Å². The second kappa shape index (κ2) is 3.82. The van der Waals surface area contributed by atoms with E-state index in [4.69, 9.17) is 5.11 Å². The minimum absolute atomic E-state index is 0.145. The average Bonchev–Trinajstić information content (AvgIpc) is 2.46. The molecule has 1 N–H and O–H groups in total. The highest BCUT2D eigenvalue weighted by Gasteiger charge is 2.20.